The van der Waals surface area contributed by atoms with E-state index in [-0.39, 0.29) is 35.8 Å². The third kappa shape index (κ3) is 4.80. The fourth-order valence-corrected chi connectivity index (χ4v) is 3.81. The van der Waals surface area contributed by atoms with E-state index in [0.29, 0.717) is 43.2 Å². The molecular formula is C22H25N5O5. The number of aromatic nitrogens is 2. The molecule has 0 spiro atoms. The van der Waals surface area contributed by atoms with E-state index in [1.165, 1.54) is 0 Å². The smallest absolute Gasteiger partial charge is 0.284 e. The molecule has 5 N–H and O–H groups in total. The molecular weight excluding hydrogens is 414 g/mol. The number of anilines is 1. The molecule has 2 aliphatic rings. The third-order valence-corrected chi connectivity index (χ3v) is 5.81. The molecule has 2 aromatic rings. The van der Waals surface area contributed by atoms with Crippen LogP contribution in [0.15, 0.2) is 24.3 Å². The molecule has 10 heteroatoms. The van der Waals surface area contributed by atoms with E-state index in [1.807, 2.05) is 0 Å². The maximum Gasteiger partial charge on any atom is 0.284 e. The van der Waals surface area contributed by atoms with Gasteiger partial charge in [-0.25, -0.2) is 10.5 Å². The van der Waals surface area contributed by atoms with Crippen molar-refractivity contribution in [1.82, 2.24) is 15.4 Å². The van der Waals surface area contributed by atoms with Crippen LogP contribution in [0.1, 0.15) is 54.4 Å². The lowest BCUT2D eigenvalue weighted by atomic mass is 9.81. The Morgan fingerprint density at radius 1 is 1.34 bits per heavy atom. The van der Waals surface area contributed by atoms with Crippen molar-refractivity contribution in [2.24, 2.45) is 0 Å². The van der Waals surface area contributed by atoms with Gasteiger partial charge in [-0.05, 0) is 44.2 Å². The summed E-state index contributed by atoms with van der Waals surface area (Å²) in [5.41, 5.74) is 8.35. The maximum atomic E-state index is 12.8. The van der Waals surface area contributed by atoms with Crippen LogP contribution in [-0.2, 0) is 4.84 Å². The van der Waals surface area contributed by atoms with Crippen molar-refractivity contribution in [3.63, 3.8) is 0 Å². The molecule has 0 radical (unpaired) electrons. The van der Waals surface area contributed by atoms with Crippen molar-refractivity contribution in [3.8, 4) is 23.3 Å². The van der Waals surface area contributed by atoms with Gasteiger partial charge in [0.1, 0.15) is 24.1 Å². The number of nitrogens with zero attached hydrogens (tertiary/aromatic N) is 3. The van der Waals surface area contributed by atoms with Gasteiger partial charge in [0.05, 0.1) is 23.3 Å². The van der Waals surface area contributed by atoms with Crippen LogP contribution < -0.4 is 16.0 Å². The molecule has 168 valence electrons. The van der Waals surface area contributed by atoms with E-state index >= 15 is 0 Å². The molecule has 4 rings (SSSR count). The monoisotopic (exact) mass is 439 g/mol. The van der Waals surface area contributed by atoms with Gasteiger partial charge in [-0.2, -0.15) is 10.2 Å². The number of benzene rings is 1. The molecule has 1 aromatic carbocycles. The second-order valence-electron chi connectivity index (χ2n) is 8.31. The molecule has 2 saturated carbocycles. The van der Waals surface area contributed by atoms with Crippen LogP contribution in [0.2, 0.25) is 0 Å². The lowest BCUT2D eigenvalue weighted by molar-refractivity contribution is -0.113. The molecule has 1 amide bonds. The number of nitrogens with one attached hydrogen (secondary N) is 1. The van der Waals surface area contributed by atoms with E-state index in [0.717, 1.165) is 6.42 Å². The fourth-order valence-electron chi connectivity index (χ4n) is 3.81. The fraction of sp³-hybridized carbons (Fsp3) is 0.455. The highest BCUT2D eigenvalue weighted by Crippen LogP contribution is 2.32. The molecule has 0 bridgehead atoms. The molecule has 10 nitrogen and oxygen atoms in total. The van der Waals surface area contributed by atoms with Gasteiger partial charge in [0.15, 0.2) is 5.82 Å². The van der Waals surface area contributed by atoms with Crippen LogP contribution in [-0.4, -0.2) is 50.5 Å². The average molecular weight is 439 g/mol. The Hall–Kier alpha value is -3.26. The first-order chi connectivity index (χ1) is 15.4. The number of nitrogens with two attached hydrogens (primary N) is 1. The number of aliphatic hydroxyl groups is 2. The van der Waals surface area contributed by atoms with Crippen LogP contribution in [0.3, 0.4) is 0 Å². The van der Waals surface area contributed by atoms with Gasteiger partial charge in [-0.1, -0.05) is 12.1 Å². The first kappa shape index (κ1) is 22.0. The number of hydrogen-bond acceptors (Lipinski definition) is 9. The molecule has 1 aromatic heterocycles. The number of aliphatic hydroxyl groups excluding tert-OH is 1. The summed E-state index contributed by atoms with van der Waals surface area (Å²) in [6.07, 6.45) is 2.93. The van der Waals surface area contributed by atoms with Crippen molar-refractivity contribution in [2.45, 2.75) is 56.3 Å². The number of nitriles is 1. The van der Waals surface area contributed by atoms with Gasteiger partial charge in [-0.3, -0.25) is 9.63 Å². The first-order valence-electron chi connectivity index (χ1n) is 10.5. The van der Waals surface area contributed by atoms with Crippen LogP contribution in [0.25, 0.3) is 11.4 Å². The minimum Gasteiger partial charge on any atom is -0.474 e. The van der Waals surface area contributed by atoms with E-state index < -0.39 is 17.6 Å². The summed E-state index contributed by atoms with van der Waals surface area (Å²) in [5.74, 6) is -0.641. The first-order valence-corrected chi connectivity index (χ1v) is 10.5. The summed E-state index contributed by atoms with van der Waals surface area (Å²) in [6, 6.07) is 8.74. The molecule has 1 heterocycles. The number of amides is 1. The summed E-state index contributed by atoms with van der Waals surface area (Å²) < 4.78 is 5.96. The van der Waals surface area contributed by atoms with Gasteiger partial charge < -0.3 is 20.7 Å². The van der Waals surface area contributed by atoms with Gasteiger partial charge >= 0.3 is 0 Å². The molecule has 0 unspecified atom stereocenters. The zero-order valence-electron chi connectivity index (χ0n) is 17.5. The molecule has 0 aliphatic heterocycles. The van der Waals surface area contributed by atoms with E-state index in [1.54, 1.807) is 24.3 Å². The third-order valence-electron chi connectivity index (χ3n) is 5.81. The Morgan fingerprint density at radius 3 is 2.81 bits per heavy atom. The number of hydrogen-bond donors (Lipinski definition) is 4. The SMILES string of the molecule is N#Cc1cccc(-c2nc(N)c(C(=O)NOCC3(O)CCC3)c(O[C@@H]3CC[C@@H](O)C3)n2)c1. The lowest BCUT2D eigenvalue weighted by Gasteiger charge is -2.35. The summed E-state index contributed by atoms with van der Waals surface area (Å²) in [7, 11) is 0. The van der Waals surface area contributed by atoms with Crippen LogP contribution in [0.5, 0.6) is 5.88 Å². The Morgan fingerprint density at radius 2 is 2.16 bits per heavy atom. The summed E-state index contributed by atoms with van der Waals surface area (Å²) in [6.45, 7) is -0.0381. The summed E-state index contributed by atoms with van der Waals surface area (Å²) >= 11 is 0. The number of ether oxygens (including phenoxy) is 1. The van der Waals surface area contributed by atoms with E-state index in [9.17, 15) is 15.0 Å². The maximum absolute atomic E-state index is 12.8. The normalized spacial score (nSPS) is 21.4. The Labute approximate surface area is 185 Å². The topological polar surface area (TPSA) is 164 Å². The molecule has 0 saturated heterocycles. The Balaban J connectivity index is 1.61. The molecule has 2 atom stereocenters. The number of nitrogen functional groups attached to an aromatic ring is 1. The van der Waals surface area contributed by atoms with E-state index in [2.05, 4.69) is 21.5 Å². The number of carbonyl (C=O) groups excluding carboxylic acids is 1. The predicted molar refractivity (Wildman–Crippen MR) is 113 cm³/mol. The Bertz CT molecular complexity index is 1050. The highest BCUT2D eigenvalue weighted by molar-refractivity contribution is 6.00. The van der Waals surface area contributed by atoms with Crippen molar-refractivity contribution in [2.75, 3.05) is 12.3 Å². The van der Waals surface area contributed by atoms with Crippen molar-refractivity contribution in [1.29, 1.82) is 5.26 Å². The van der Waals surface area contributed by atoms with Crippen LogP contribution >= 0.6 is 0 Å². The van der Waals surface area contributed by atoms with Gasteiger partial charge in [-0.15, -0.1) is 0 Å². The zero-order valence-corrected chi connectivity index (χ0v) is 17.5. The summed E-state index contributed by atoms with van der Waals surface area (Å²) in [4.78, 5) is 26.7. The number of hydroxylamine groups is 1. The quantitative estimate of drug-likeness (QED) is 0.468. The number of rotatable bonds is 7. The van der Waals surface area contributed by atoms with Crippen LogP contribution in [0.4, 0.5) is 5.82 Å². The molecule has 32 heavy (non-hydrogen) atoms. The van der Waals surface area contributed by atoms with Gasteiger partial charge in [0.25, 0.3) is 5.91 Å². The van der Waals surface area contributed by atoms with Crippen molar-refractivity contribution < 1.29 is 24.6 Å². The van der Waals surface area contributed by atoms with Crippen molar-refractivity contribution >= 4 is 11.7 Å². The van der Waals surface area contributed by atoms with Crippen molar-refractivity contribution in [3.05, 3.63) is 35.4 Å². The average Bonchev–Trinajstić information content (AvgIpc) is 3.16. The second-order valence-corrected chi connectivity index (χ2v) is 8.31. The minimum absolute atomic E-state index is 0.0302. The predicted octanol–water partition coefficient (Wildman–Crippen LogP) is 1.47. The Kier molecular flexibility index (Phi) is 6.23. The minimum atomic E-state index is -0.926. The lowest BCUT2D eigenvalue weighted by Crippen LogP contribution is -2.44. The van der Waals surface area contributed by atoms with E-state index in [4.69, 9.17) is 20.6 Å². The highest BCUT2D eigenvalue weighted by atomic mass is 16.7. The molecule has 2 fully saturated rings. The highest BCUT2D eigenvalue weighted by Gasteiger charge is 2.35. The standard InChI is InChI=1S/C22H25N5O5/c23-11-13-3-1-4-14(9-13)19-25-18(24)17(20(29)27-31-12-22(30)7-2-8-22)21(26-19)32-16-6-5-15(28)10-16/h1,3-4,9,15-16,28,30H,2,5-8,10,12H2,(H,27,29)(H2,24,25,26)/t15-,16-/m1/s1. The van der Waals surface area contributed by atoms with Gasteiger partial charge in [0, 0.05) is 12.0 Å². The largest absolute Gasteiger partial charge is 0.474 e. The van der Waals surface area contributed by atoms with Crippen LogP contribution in [0, 0.1) is 11.3 Å². The number of carbonyl (C=O) groups is 1. The summed E-state index contributed by atoms with van der Waals surface area (Å²) in [5, 5.41) is 29.1. The zero-order chi connectivity index (χ0) is 22.7. The molecule has 2 aliphatic carbocycles. The second kappa shape index (κ2) is 9.08. The van der Waals surface area contributed by atoms with Gasteiger partial charge in [0.2, 0.25) is 5.88 Å².